The third-order valence-electron chi connectivity index (χ3n) is 3.83. The molecule has 1 aliphatic carbocycles. The molecule has 0 unspecified atom stereocenters. The van der Waals surface area contributed by atoms with E-state index in [2.05, 4.69) is 10.1 Å². The van der Waals surface area contributed by atoms with E-state index in [0.717, 1.165) is 35.1 Å². The number of rotatable bonds is 3. The van der Waals surface area contributed by atoms with E-state index < -0.39 is 5.24 Å². The molecule has 120 valence electrons. The third kappa shape index (κ3) is 3.01. The predicted molar refractivity (Wildman–Crippen MR) is 92.3 cm³/mol. The Morgan fingerprint density at radius 1 is 1.33 bits per heavy atom. The lowest BCUT2D eigenvalue weighted by atomic mass is 10.1. The maximum absolute atomic E-state index is 11.6. The van der Waals surface area contributed by atoms with Crippen LogP contribution in [-0.4, -0.2) is 20.0 Å². The number of hydrogen-bond acceptors (Lipinski definition) is 4. The molecule has 1 aromatic carbocycles. The molecular formula is C18H15ClN4O. The molecule has 5 nitrogen and oxygen atoms in total. The molecule has 0 amide bonds. The zero-order chi connectivity index (χ0) is 17.1. The number of carbonyl (C=O) groups excluding carboxylic acids is 1. The molecule has 2 aromatic heterocycles. The summed E-state index contributed by atoms with van der Waals surface area (Å²) < 4.78 is 1.84. The molecule has 0 aliphatic heterocycles. The first-order chi connectivity index (χ1) is 11.7. The fourth-order valence-corrected chi connectivity index (χ4v) is 2.87. The van der Waals surface area contributed by atoms with Crippen LogP contribution >= 0.6 is 11.6 Å². The van der Waals surface area contributed by atoms with Gasteiger partial charge in [0.15, 0.2) is 0 Å². The monoisotopic (exact) mass is 338 g/mol. The quantitative estimate of drug-likeness (QED) is 0.671. The number of halogens is 1. The molecule has 4 rings (SSSR count). The van der Waals surface area contributed by atoms with Crippen LogP contribution < -0.4 is 0 Å². The van der Waals surface area contributed by atoms with Crippen molar-refractivity contribution in [2.24, 2.45) is 0 Å². The van der Waals surface area contributed by atoms with Crippen molar-refractivity contribution >= 4 is 27.7 Å². The van der Waals surface area contributed by atoms with Gasteiger partial charge in [0.2, 0.25) is 0 Å². The highest BCUT2D eigenvalue weighted by Crippen LogP contribution is 2.43. The van der Waals surface area contributed by atoms with Gasteiger partial charge < -0.3 is 0 Å². The maximum Gasteiger partial charge on any atom is 0.255 e. The largest absolute Gasteiger partial charge is 0.275 e. The maximum atomic E-state index is 11.6. The van der Waals surface area contributed by atoms with Crippen LogP contribution in [0.25, 0.3) is 16.6 Å². The van der Waals surface area contributed by atoms with Crippen LogP contribution in [0.3, 0.4) is 0 Å². The van der Waals surface area contributed by atoms with E-state index in [9.17, 15) is 4.79 Å². The summed E-state index contributed by atoms with van der Waals surface area (Å²) in [5.41, 5.74) is 3.28. The van der Waals surface area contributed by atoms with Crippen LogP contribution in [0, 0.1) is 11.3 Å². The van der Waals surface area contributed by atoms with Crippen molar-refractivity contribution in [3.05, 3.63) is 54.0 Å². The zero-order valence-electron chi connectivity index (χ0n) is 13.1. The number of nitrogens with zero attached hydrogens (tertiary/aromatic N) is 4. The molecule has 6 heteroatoms. The van der Waals surface area contributed by atoms with Gasteiger partial charge in [-0.15, -0.1) is 0 Å². The standard InChI is InChI=1S/C16H12ClN3O.C2H3N/c17-16(21)12-9-19-20(15(12)10-6-7-10)14-5-1-4-13-11(14)3-2-8-18-13;1-2-3/h1-5,8-10H,6-7H2;1H3. The van der Waals surface area contributed by atoms with Gasteiger partial charge in [0, 0.05) is 24.4 Å². The summed E-state index contributed by atoms with van der Waals surface area (Å²) in [4.78, 5) is 16.0. The van der Waals surface area contributed by atoms with Gasteiger partial charge >= 0.3 is 0 Å². The van der Waals surface area contributed by atoms with Crippen molar-refractivity contribution in [3.8, 4) is 11.8 Å². The van der Waals surface area contributed by atoms with E-state index in [1.807, 2.05) is 35.0 Å². The molecule has 1 aliphatic rings. The molecule has 3 aromatic rings. The third-order valence-corrected chi connectivity index (χ3v) is 4.04. The Balaban J connectivity index is 0.000000526. The summed E-state index contributed by atoms with van der Waals surface area (Å²) in [7, 11) is 0. The second kappa shape index (κ2) is 6.81. The van der Waals surface area contributed by atoms with Crippen LogP contribution in [-0.2, 0) is 0 Å². The Kier molecular flexibility index (Phi) is 4.59. The Morgan fingerprint density at radius 3 is 2.75 bits per heavy atom. The van der Waals surface area contributed by atoms with Gasteiger partial charge in [-0.2, -0.15) is 10.4 Å². The average Bonchev–Trinajstić information content (AvgIpc) is 3.33. The minimum Gasteiger partial charge on any atom is -0.275 e. The molecule has 24 heavy (non-hydrogen) atoms. The number of nitriles is 1. The smallest absolute Gasteiger partial charge is 0.255 e. The van der Waals surface area contributed by atoms with Crippen LogP contribution in [0.4, 0.5) is 0 Å². The Hall–Kier alpha value is -2.71. The summed E-state index contributed by atoms with van der Waals surface area (Å²) in [5, 5.41) is 12.3. The van der Waals surface area contributed by atoms with Gasteiger partial charge in [0.1, 0.15) is 0 Å². The topological polar surface area (TPSA) is 71.6 Å². The van der Waals surface area contributed by atoms with Crippen molar-refractivity contribution in [2.75, 3.05) is 0 Å². The van der Waals surface area contributed by atoms with E-state index in [4.69, 9.17) is 16.9 Å². The number of hydrogen-bond donors (Lipinski definition) is 0. The summed E-state index contributed by atoms with van der Waals surface area (Å²) in [5.74, 6) is 0.372. The van der Waals surface area contributed by atoms with Gasteiger partial charge in [-0.25, -0.2) is 4.68 Å². The molecule has 0 radical (unpaired) electrons. The van der Waals surface area contributed by atoms with Crippen molar-refractivity contribution in [1.82, 2.24) is 14.8 Å². The SMILES string of the molecule is CC#N.O=C(Cl)c1cnn(-c2cccc3ncccc23)c1C1CC1. The highest BCUT2D eigenvalue weighted by atomic mass is 35.5. The fourth-order valence-electron chi connectivity index (χ4n) is 2.72. The van der Waals surface area contributed by atoms with E-state index in [-0.39, 0.29) is 0 Å². The van der Waals surface area contributed by atoms with Gasteiger partial charge in [-0.3, -0.25) is 9.78 Å². The number of carbonyl (C=O) groups is 1. The second-order valence-electron chi connectivity index (χ2n) is 5.47. The highest BCUT2D eigenvalue weighted by molar-refractivity contribution is 6.67. The van der Waals surface area contributed by atoms with Gasteiger partial charge in [-0.05, 0) is 48.7 Å². The summed E-state index contributed by atoms with van der Waals surface area (Å²) in [6.45, 7) is 1.43. The summed E-state index contributed by atoms with van der Waals surface area (Å²) in [6, 6.07) is 11.6. The van der Waals surface area contributed by atoms with Crippen molar-refractivity contribution in [2.45, 2.75) is 25.7 Å². The Bertz CT molecular complexity index is 932. The molecule has 2 heterocycles. The van der Waals surface area contributed by atoms with Crippen molar-refractivity contribution in [3.63, 3.8) is 0 Å². The molecule has 0 bridgehead atoms. The van der Waals surface area contributed by atoms with Crippen LogP contribution in [0.1, 0.15) is 41.7 Å². The van der Waals surface area contributed by atoms with E-state index in [1.54, 1.807) is 18.5 Å². The zero-order valence-corrected chi connectivity index (χ0v) is 13.9. The molecule has 0 spiro atoms. The molecule has 1 fully saturated rings. The van der Waals surface area contributed by atoms with Gasteiger partial charge in [0.25, 0.3) is 5.24 Å². The van der Waals surface area contributed by atoms with Crippen molar-refractivity contribution in [1.29, 1.82) is 5.26 Å². The lowest BCUT2D eigenvalue weighted by Gasteiger charge is -2.10. The highest BCUT2D eigenvalue weighted by Gasteiger charge is 2.32. The minimum absolute atomic E-state index is 0.372. The molecular weight excluding hydrogens is 324 g/mol. The number of aromatic nitrogens is 3. The van der Waals surface area contributed by atoms with Crippen LogP contribution in [0.2, 0.25) is 0 Å². The first kappa shape index (κ1) is 16.2. The van der Waals surface area contributed by atoms with Crippen LogP contribution in [0.5, 0.6) is 0 Å². The Morgan fingerprint density at radius 2 is 2.08 bits per heavy atom. The number of fused-ring (bicyclic) bond motifs is 1. The molecule has 0 atom stereocenters. The molecule has 1 saturated carbocycles. The Labute approximate surface area is 144 Å². The van der Waals surface area contributed by atoms with E-state index in [0.29, 0.717) is 11.5 Å². The first-order valence-corrected chi connectivity index (χ1v) is 7.98. The van der Waals surface area contributed by atoms with Gasteiger partial charge in [-0.1, -0.05) is 6.07 Å². The van der Waals surface area contributed by atoms with E-state index >= 15 is 0 Å². The molecule has 0 saturated heterocycles. The average molecular weight is 339 g/mol. The predicted octanol–water partition coefficient (Wildman–Crippen LogP) is 4.21. The normalized spacial score (nSPS) is 13.0. The number of pyridine rings is 1. The summed E-state index contributed by atoms with van der Waals surface area (Å²) >= 11 is 5.69. The first-order valence-electron chi connectivity index (χ1n) is 7.60. The van der Waals surface area contributed by atoms with E-state index in [1.165, 1.54) is 6.92 Å². The lowest BCUT2D eigenvalue weighted by Crippen LogP contribution is -2.04. The van der Waals surface area contributed by atoms with Crippen molar-refractivity contribution < 1.29 is 4.79 Å². The van der Waals surface area contributed by atoms with Crippen LogP contribution in [0.15, 0.2) is 42.7 Å². The fraction of sp³-hybridized carbons (Fsp3) is 0.222. The second-order valence-corrected chi connectivity index (χ2v) is 5.82. The molecule has 0 N–H and O–H groups in total. The summed E-state index contributed by atoms with van der Waals surface area (Å²) in [6.07, 6.45) is 5.49. The minimum atomic E-state index is -0.443. The lowest BCUT2D eigenvalue weighted by molar-refractivity contribution is 0.108. The van der Waals surface area contributed by atoms with Gasteiger partial charge in [0.05, 0.1) is 34.7 Å². The number of benzene rings is 1.